The molecular weight excluding hydrogens is 500 g/mol. The van der Waals surface area contributed by atoms with E-state index in [1.165, 1.54) is 18.2 Å². The van der Waals surface area contributed by atoms with E-state index in [1.54, 1.807) is 30.3 Å². The van der Waals surface area contributed by atoms with Crippen LogP contribution in [-0.2, 0) is 14.3 Å². The highest BCUT2D eigenvalue weighted by Gasteiger charge is 2.68. The van der Waals surface area contributed by atoms with Gasteiger partial charge in [0.2, 0.25) is 3.79 Å². The minimum Gasteiger partial charge on any atom is -0.454 e. The molecule has 3 rings (SSSR count). The zero-order valence-corrected chi connectivity index (χ0v) is 20.5. The van der Waals surface area contributed by atoms with Crippen molar-refractivity contribution in [3.63, 3.8) is 0 Å². The molecule has 0 bridgehead atoms. The number of nitrogens with zero attached hydrogens (tertiary/aromatic N) is 1. The largest absolute Gasteiger partial charge is 0.454 e. The molecule has 0 unspecified atom stereocenters. The summed E-state index contributed by atoms with van der Waals surface area (Å²) in [5.41, 5.74) is -0.0862. The Morgan fingerprint density at radius 1 is 1.12 bits per heavy atom. The third kappa shape index (κ3) is 5.49. The molecule has 0 spiro atoms. The van der Waals surface area contributed by atoms with Gasteiger partial charge in [-0.05, 0) is 41.2 Å². The fraction of sp³-hybridized carbons (Fsp3) is 0.409. The lowest BCUT2D eigenvalue weighted by Gasteiger charge is -2.25. The van der Waals surface area contributed by atoms with Crippen LogP contribution < -0.4 is 4.74 Å². The molecular formula is C22H21Cl3FNO4S. The molecule has 1 aliphatic carbocycles. The molecule has 0 amide bonds. The van der Waals surface area contributed by atoms with E-state index in [4.69, 9.17) is 43.7 Å². The summed E-state index contributed by atoms with van der Waals surface area (Å²) in [7, 11) is -3.93. The van der Waals surface area contributed by atoms with Gasteiger partial charge in [0.05, 0.1) is 18.2 Å². The standard InChI is InChI=1S/C22H21Cl3FNO4S/c1-21(2)18(19(21)20(22(23,24)25)31-32(3,28)29)15(12-27)13-9-10-16(26)17(11-13)30-14-7-5-4-6-8-14/h4-11,15,18-20H,1-3H3/t15-,18-,19-,20-/m1/s1. The molecule has 0 aliphatic heterocycles. The summed E-state index contributed by atoms with van der Waals surface area (Å²) in [6, 6.07) is 15.1. The summed E-state index contributed by atoms with van der Waals surface area (Å²) in [6.45, 7) is 3.68. The zero-order chi connectivity index (χ0) is 23.9. The Morgan fingerprint density at radius 3 is 2.28 bits per heavy atom. The van der Waals surface area contributed by atoms with Crippen molar-refractivity contribution in [3.05, 3.63) is 59.9 Å². The summed E-state index contributed by atoms with van der Waals surface area (Å²) in [5.74, 6) is -1.89. The van der Waals surface area contributed by atoms with Crippen molar-refractivity contribution in [1.82, 2.24) is 0 Å². The van der Waals surface area contributed by atoms with Crippen LogP contribution in [-0.4, -0.2) is 24.6 Å². The van der Waals surface area contributed by atoms with Gasteiger partial charge in [-0.2, -0.15) is 13.7 Å². The van der Waals surface area contributed by atoms with Gasteiger partial charge in [0.1, 0.15) is 11.9 Å². The zero-order valence-electron chi connectivity index (χ0n) is 17.4. The number of para-hydroxylation sites is 1. The van der Waals surface area contributed by atoms with Crippen molar-refractivity contribution < 1.29 is 21.7 Å². The van der Waals surface area contributed by atoms with E-state index in [2.05, 4.69) is 6.07 Å². The van der Waals surface area contributed by atoms with Crippen LogP contribution in [0.1, 0.15) is 25.3 Å². The Kier molecular flexibility index (Phi) is 7.05. The van der Waals surface area contributed by atoms with Crippen LogP contribution >= 0.6 is 34.8 Å². The maximum absolute atomic E-state index is 14.4. The maximum atomic E-state index is 14.4. The number of hydrogen-bond donors (Lipinski definition) is 0. The third-order valence-electron chi connectivity index (χ3n) is 5.71. The molecule has 1 fully saturated rings. The highest BCUT2D eigenvalue weighted by Crippen LogP contribution is 2.68. The molecule has 2 aromatic rings. The molecule has 1 saturated carbocycles. The molecule has 0 heterocycles. The van der Waals surface area contributed by atoms with Crippen molar-refractivity contribution in [2.45, 2.75) is 29.7 Å². The average molecular weight is 521 g/mol. The van der Waals surface area contributed by atoms with Crippen LogP contribution in [0.4, 0.5) is 4.39 Å². The summed E-state index contributed by atoms with van der Waals surface area (Å²) in [4.78, 5) is 0. The molecule has 5 nitrogen and oxygen atoms in total. The monoisotopic (exact) mass is 519 g/mol. The summed E-state index contributed by atoms with van der Waals surface area (Å²) >= 11 is 18.2. The number of rotatable bonds is 7. The number of alkyl halides is 3. The minimum atomic E-state index is -3.93. The van der Waals surface area contributed by atoms with Gasteiger partial charge in [-0.15, -0.1) is 0 Å². The molecule has 10 heteroatoms. The Labute approximate surface area is 202 Å². The predicted molar refractivity (Wildman–Crippen MR) is 122 cm³/mol. The van der Waals surface area contributed by atoms with Crippen LogP contribution in [0.15, 0.2) is 48.5 Å². The van der Waals surface area contributed by atoms with Gasteiger partial charge in [0.15, 0.2) is 11.6 Å². The maximum Gasteiger partial charge on any atom is 0.264 e. The van der Waals surface area contributed by atoms with Gasteiger partial charge >= 0.3 is 0 Å². The summed E-state index contributed by atoms with van der Waals surface area (Å²) < 4.78 is 46.7. The normalized spacial score (nSPS) is 21.9. The second-order valence-corrected chi connectivity index (χ2v) is 12.3. The van der Waals surface area contributed by atoms with Crippen LogP contribution in [0.3, 0.4) is 0 Å². The average Bonchev–Trinajstić information content (AvgIpc) is 3.23. The van der Waals surface area contributed by atoms with Crippen LogP contribution in [0.25, 0.3) is 0 Å². The van der Waals surface area contributed by atoms with Crippen molar-refractivity contribution in [2.24, 2.45) is 17.3 Å². The van der Waals surface area contributed by atoms with Crippen molar-refractivity contribution in [3.8, 4) is 17.6 Å². The second kappa shape index (κ2) is 9.00. The fourth-order valence-corrected chi connectivity index (χ4v) is 5.55. The Bertz CT molecular complexity index is 1130. The lowest BCUT2D eigenvalue weighted by Crippen LogP contribution is -2.35. The molecule has 0 radical (unpaired) electrons. The van der Waals surface area contributed by atoms with Gasteiger partial charge in [-0.25, -0.2) is 4.39 Å². The number of benzene rings is 2. The van der Waals surface area contributed by atoms with Crippen LogP contribution in [0, 0.1) is 34.4 Å². The molecule has 172 valence electrons. The highest BCUT2D eigenvalue weighted by atomic mass is 35.6. The quantitative estimate of drug-likeness (QED) is 0.320. The number of hydrogen-bond acceptors (Lipinski definition) is 5. The molecule has 32 heavy (non-hydrogen) atoms. The van der Waals surface area contributed by atoms with Gasteiger partial charge < -0.3 is 4.74 Å². The fourth-order valence-electron chi connectivity index (χ4n) is 4.21. The molecule has 2 aromatic carbocycles. The van der Waals surface area contributed by atoms with E-state index in [0.29, 0.717) is 11.3 Å². The molecule has 4 atom stereocenters. The lowest BCUT2D eigenvalue weighted by atomic mass is 9.91. The predicted octanol–water partition coefficient (Wildman–Crippen LogP) is 6.21. The highest BCUT2D eigenvalue weighted by molar-refractivity contribution is 7.86. The van der Waals surface area contributed by atoms with Crippen molar-refractivity contribution in [1.29, 1.82) is 5.26 Å². The minimum absolute atomic E-state index is 0.0331. The van der Waals surface area contributed by atoms with Crippen molar-refractivity contribution >= 4 is 44.9 Å². The first-order chi connectivity index (χ1) is 14.8. The Balaban J connectivity index is 1.94. The SMILES string of the molecule is CC1(C)[C@@H]([C@@H](OS(C)(=O)=O)C(Cl)(Cl)Cl)[C@H]1[C@H](C#N)c1ccc(F)c(Oc2ccccc2)c1. The number of halogens is 4. The second-order valence-electron chi connectivity index (χ2n) is 8.35. The van der Waals surface area contributed by atoms with E-state index in [-0.39, 0.29) is 5.75 Å². The van der Waals surface area contributed by atoms with Gasteiger partial charge in [-0.1, -0.05) is 72.9 Å². The van der Waals surface area contributed by atoms with Gasteiger partial charge in [-0.3, -0.25) is 4.18 Å². The van der Waals surface area contributed by atoms with E-state index in [9.17, 15) is 18.1 Å². The summed E-state index contributed by atoms with van der Waals surface area (Å²) in [6.07, 6.45) is -0.422. The number of ether oxygens (including phenoxy) is 1. The van der Waals surface area contributed by atoms with E-state index >= 15 is 0 Å². The molecule has 0 N–H and O–H groups in total. The molecule has 0 aromatic heterocycles. The van der Waals surface area contributed by atoms with E-state index in [1.807, 2.05) is 13.8 Å². The smallest absolute Gasteiger partial charge is 0.264 e. The molecule has 1 aliphatic rings. The van der Waals surface area contributed by atoms with Gasteiger partial charge in [0, 0.05) is 5.92 Å². The Morgan fingerprint density at radius 2 is 1.75 bits per heavy atom. The van der Waals surface area contributed by atoms with E-state index in [0.717, 1.165) is 6.26 Å². The third-order valence-corrected chi connectivity index (χ3v) is 6.91. The first-order valence-electron chi connectivity index (χ1n) is 9.62. The topological polar surface area (TPSA) is 76.4 Å². The Hall–Kier alpha value is -1.56. The van der Waals surface area contributed by atoms with Crippen molar-refractivity contribution in [2.75, 3.05) is 6.26 Å². The van der Waals surface area contributed by atoms with E-state index < -0.39 is 49.0 Å². The number of nitriles is 1. The molecule has 0 saturated heterocycles. The van der Waals surface area contributed by atoms with Crippen LogP contribution in [0.5, 0.6) is 11.5 Å². The van der Waals surface area contributed by atoms with Gasteiger partial charge in [0.25, 0.3) is 10.1 Å². The first kappa shape index (κ1) is 25.1. The lowest BCUT2D eigenvalue weighted by molar-refractivity contribution is 0.172. The first-order valence-corrected chi connectivity index (χ1v) is 12.6. The summed E-state index contributed by atoms with van der Waals surface area (Å²) in [5, 5.41) is 9.96. The van der Waals surface area contributed by atoms with Crippen LogP contribution in [0.2, 0.25) is 0 Å².